The summed E-state index contributed by atoms with van der Waals surface area (Å²) in [5.74, 6) is 5.77. The standard InChI is InChI=1S/C9H15N5O/c1-14(2)9(15)6-12-7-3-4-11-8(5-7)13-10/h3-5H,6,10H2,1-2H3,(H2,11,12,13). The lowest BCUT2D eigenvalue weighted by Crippen LogP contribution is -2.28. The third-order valence-corrected chi connectivity index (χ3v) is 1.85. The fraction of sp³-hybridized carbons (Fsp3) is 0.333. The fourth-order valence-corrected chi connectivity index (χ4v) is 0.955. The van der Waals surface area contributed by atoms with Gasteiger partial charge in [-0.05, 0) is 6.07 Å². The van der Waals surface area contributed by atoms with Crippen LogP contribution < -0.4 is 16.6 Å². The number of amides is 1. The first kappa shape index (κ1) is 11.3. The number of nitrogens with one attached hydrogen (secondary N) is 2. The maximum atomic E-state index is 11.3. The Morgan fingerprint density at radius 2 is 2.33 bits per heavy atom. The Hall–Kier alpha value is -1.82. The molecular weight excluding hydrogens is 194 g/mol. The van der Waals surface area contributed by atoms with Crippen molar-refractivity contribution >= 4 is 17.4 Å². The van der Waals surface area contributed by atoms with Crippen LogP contribution in [0.15, 0.2) is 18.3 Å². The highest BCUT2D eigenvalue weighted by Crippen LogP contribution is 2.10. The summed E-state index contributed by atoms with van der Waals surface area (Å²) in [6.07, 6.45) is 1.61. The Kier molecular flexibility index (Phi) is 3.87. The zero-order valence-corrected chi connectivity index (χ0v) is 8.82. The molecule has 1 rings (SSSR count). The van der Waals surface area contributed by atoms with Crippen molar-refractivity contribution in [1.82, 2.24) is 9.88 Å². The molecular formula is C9H15N5O. The van der Waals surface area contributed by atoms with Gasteiger partial charge in [-0.2, -0.15) is 0 Å². The van der Waals surface area contributed by atoms with Crippen LogP contribution in [0.25, 0.3) is 0 Å². The van der Waals surface area contributed by atoms with Gasteiger partial charge in [0.25, 0.3) is 0 Å². The number of nitrogen functional groups attached to an aromatic ring is 1. The molecule has 0 aliphatic heterocycles. The fourth-order valence-electron chi connectivity index (χ4n) is 0.955. The number of carbonyl (C=O) groups is 1. The van der Waals surface area contributed by atoms with Crippen molar-refractivity contribution in [2.24, 2.45) is 5.84 Å². The van der Waals surface area contributed by atoms with Gasteiger partial charge in [0, 0.05) is 32.0 Å². The molecule has 0 aliphatic rings. The highest BCUT2D eigenvalue weighted by molar-refractivity contribution is 5.80. The summed E-state index contributed by atoms with van der Waals surface area (Å²) < 4.78 is 0. The molecule has 0 atom stereocenters. The molecule has 4 N–H and O–H groups in total. The van der Waals surface area contributed by atoms with Crippen molar-refractivity contribution in [3.8, 4) is 0 Å². The van der Waals surface area contributed by atoms with E-state index in [2.05, 4.69) is 15.7 Å². The van der Waals surface area contributed by atoms with Crippen LogP contribution in [0.3, 0.4) is 0 Å². The topological polar surface area (TPSA) is 83.3 Å². The zero-order chi connectivity index (χ0) is 11.3. The van der Waals surface area contributed by atoms with Gasteiger partial charge >= 0.3 is 0 Å². The summed E-state index contributed by atoms with van der Waals surface area (Å²) in [4.78, 5) is 16.8. The Balaban J connectivity index is 2.54. The summed E-state index contributed by atoms with van der Waals surface area (Å²) in [5.41, 5.74) is 3.23. The molecule has 0 saturated carbocycles. The van der Waals surface area contributed by atoms with Crippen LogP contribution >= 0.6 is 0 Å². The van der Waals surface area contributed by atoms with Crippen molar-refractivity contribution in [2.45, 2.75) is 0 Å². The van der Waals surface area contributed by atoms with Crippen LogP contribution in [0.2, 0.25) is 0 Å². The predicted octanol–water partition coefficient (Wildman–Crippen LogP) is -0.133. The van der Waals surface area contributed by atoms with Crippen LogP contribution in [0.5, 0.6) is 0 Å². The molecule has 1 amide bonds. The minimum atomic E-state index is 0.00840. The van der Waals surface area contributed by atoms with E-state index < -0.39 is 0 Å². The molecule has 6 nitrogen and oxygen atoms in total. The summed E-state index contributed by atoms with van der Waals surface area (Å²) in [5, 5.41) is 2.97. The number of rotatable bonds is 4. The van der Waals surface area contributed by atoms with Crippen LogP contribution in [0, 0.1) is 0 Å². The van der Waals surface area contributed by atoms with E-state index in [4.69, 9.17) is 5.84 Å². The Bertz CT molecular complexity index is 339. The van der Waals surface area contributed by atoms with Crippen LogP contribution in [0.4, 0.5) is 11.5 Å². The number of nitrogens with zero attached hydrogens (tertiary/aromatic N) is 2. The molecule has 1 aromatic heterocycles. The molecule has 0 bridgehead atoms. The van der Waals surface area contributed by atoms with E-state index in [1.807, 2.05) is 0 Å². The SMILES string of the molecule is CN(C)C(=O)CNc1ccnc(NN)c1. The number of likely N-dealkylation sites (N-methyl/N-ethyl adjacent to an activating group) is 1. The number of nitrogens with two attached hydrogens (primary N) is 1. The van der Waals surface area contributed by atoms with Gasteiger partial charge in [-0.25, -0.2) is 10.8 Å². The Morgan fingerprint density at radius 3 is 2.93 bits per heavy atom. The summed E-state index contributed by atoms with van der Waals surface area (Å²) in [7, 11) is 3.42. The van der Waals surface area contributed by atoms with Gasteiger partial charge in [-0.1, -0.05) is 0 Å². The van der Waals surface area contributed by atoms with E-state index >= 15 is 0 Å². The smallest absolute Gasteiger partial charge is 0.241 e. The van der Waals surface area contributed by atoms with Crippen molar-refractivity contribution in [2.75, 3.05) is 31.4 Å². The first-order chi connectivity index (χ1) is 7.13. The van der Waals surface area contributed by atoms with Crippen molar-refractivity contribution in [3.05, 3.63) is 18.3 Å². The number of carbonyl (C=O) groups excluding carboxylic acids is 1. The third kappa shape index (κ3) is 3.43. The molecule has 0 radical (unpaired) electrons. The van der Waals surface area contributed by atoms with Crippen LogP contribution in [0.1, 0.15) is 0 Å². The molecule has 0 aliphatic carbocycles. The van der Waals surface area contributed by atoms with Gasteiger partial charge in [0.05, 0.1) is 6.54 Å². The average Bonchev–Trinajstić information content (AvgIpc) is 2.26. The van der Waals surface area contributed by atoms with Crippen molar-refractivity contribution in [1.29, 1.82) is 0 Å². The number of pyridine rings is 1. The second-order valence-corrected chi connectivity index (χ2v) is 3.22. The highest BCUT2D eigenvalue weighted by Gasteiger charge is 2.03. The van der Waals surface area contributed by atoms with Gasteiger partial charge in [-0.15, -0.1) is 0 Å². The lowest BCUT2D eigenvalue weighted by atomic mass is 10.4. The summed E-state index contributed by atoms with van der Waals surface area (Å²) >= 11 is 0. The van der Waals surface area contributed by atoms with Gasteiger partial charge in [0.2, 0.25) is 5.91 Å². The number of hydrogen-bond acceptors (Lipinski definition) is 5. The van der Waals surface area contributed by atoms with Crippen molar-refractivity contribution in [3.63, 3.8) is 0 Å². The molecule has 0 aromatic carbocycles. The minimum Gasteiger partial charge on any atom is -0.376 e. The second kappa shape index (κ2) is 5.16. The highest BCUT2D eigenvalue weighted by atomic mass is 16.2. The molecule has 0 fully saturated rings. The Labute approximate surface area is 88.4 Å². The lowest BCUT2D eigenvalue weighted by molar-refractivity contribution is -0.126. The molecule has 0 saturated heterocycles. The third-order valence-electron chi connectivity index (χ3n) is 1.85. The number of aromatic nitrogens is 1. The van der Waals surface area contributed by atoms with E-state index in [1.165, 1.54) is 4.90 Å². The lowest BCUT2D eigenvalue weighted by Gasteiger charge is -2.11. The van der Waals surface area contributed by atoms with E-state index in [0.717, 1.165) is 5.69 Å². The molecule has 1 aromatic rings. The Morgan fingerprint density at radius 1 is 1.60 bits per heavy atom. The number of hydrogen-bond donors (Lipinski definition) is 3. The monoisotopic (exact) mass is 209 g/mol. The van der Waals surface area contributed by atoms with Gasteiger partial charge in [-0.3, -0.25) is 4.79 Å². The quantitative estimate of drug-likeness (QED) is 0.475. The zero-order valence-electron chi connectivity index (χ0n) is 8.82. The molecule has 6 heteroatoms. The molecule has 15 heavy (non-hydrogen) atoms. The average molecular weight is 209 g/mol. The first-order valence-corrected chi connectivity index (χ1v) is 4.50. The minimum absolute atomic E-state index is 0.00840. The molecule has 0 spiro atoms. The van der Waals surface area contributed by atoms with E-state index in [1.54, 1.807) is 32.4 Å². The van der Waals surface area contributed by atoms with Gasteiger partial charge in [0.1, 0.15) is 5.82 Å². The largest absolute Gasteiger partial charge is 0.376 e. The summed E-state index contributed by atoms with van der Waals surface area (Å²) in [6.45, 7) is 0.251. The maximum Gasteiger partial charge on any atom is 0.241 e. The predicted molar refractivity (Wildman–Crippen MR) is 59.2 cm³/mol. The van der Waals surface area contributed by atoms with Crippen LogP contribution in [-0.4, -0.2) is 36.4 Å². The van der Waals surface area contributed by atoms with Gasteiger partial charge in [0.15, 0.2) is 0 Å². The normalized spacial score (nSPS) is 9.53. The van der Waals surface area contributed by atoms with E-state index in [-0.39, 0.29) is 12.5 Å². The van der Waals surface area contributed by atoms with E-state index in [9.17, 15) is 4.79 Å². The molecule has 1 heterocycles. The van der Waals surface area contributed by atoms with Crippen molar-refractivity contribution < 1.29 is 4.79 Å². The second-order valence-electron chi connectivity index (χ2n) is 3.22. The van der Waals surface area contributed by atoms with E-state index in [0.29, 0.717) is 5.82 Å². The maximum absolute atomic E-state index is 11.3. The number of hydrazine groups is 1. The van der Waals surface area contributed by atoms with Crippen LogP contribution in [-0.2, 0) is 4.79 Å². The van der Waals surface area contributed by atoms with Gasteiger partial charge < -0.3 is 15.6 Å². The summed E-state index contributed by atoms with van der Waals surface area (Å²) in [6, 6.07) is 3.49. The number of anilines is 2. The molecule has 0 unspecified atom stereocenters. The molecule has 82 valence electrons. The first-order valence-electron chi connectivity index (χ1n) is 4.50.